The number of ether oxygens (including phenoxy) is 2. The third-order valence-corrected chi connectivity index (χ3v) is 3.83. The molecule has 28 heavy (non-hydrogen) atoms. The van der Waals surface area contributed by atoms with E-state index >= 15 is 0 Å². The summed E-state index contributed by atoms with van der Waals surface area (Å²) in [6.07, 6.45) is 0. The molecule has 0 fully saturated rings. The Labute approximate surface area is 171 Å². The van der Waals surface area contributed by atoms with Crippen LogP contribution in [-0.2, 0) is 6.54 Å². The fraction of sp³-hybridized carbons (Fsp3) is 0.350. The number of hydrogen-bond donors (Lipinski definition) is 1. The maximum Gasteiger partial charge on any atom is 0.346 e. The number of rotatable bonds is 9. The highest BCUT2D eigenvalue weighted by molar-refractivity contribution is 5.85. The Hall–Kier alpha value is -2.64. The lowest BCUT2D eigenvalue weighted by atomic mass is 10.2. The molecule has 0 bridgehead atoms. The van der Waals surface area contributed by atoms with Crippen molar-refractivity contribution >= 4 is 12.4 Å². The van der Waals surface area contributed by atoms with Crippen LogP contribution in [0.3, 0.4) is 0 Å². The van der Waals surface area contributed by atoms with Crippen molar-refractivity contribution in [1.29, 1.82) is 0 Å². The van der Waals surface area contributed by atoms with Crippen LogP contribution in [0.4, 0.5) is 0 Å². The molecule has 1 heterocycles. The van der Waals surface area contributed by atoms with E-state index in [2.05, 4.69) is 34.7 Å². The minimum absolute atomic E-state index is 0. The van der Waals surface area contributed by atoms with Crippen molar-refractivity contribution in [2.75, 3.05) is 13.2 Å². The van der Waals surface area contributed by atoms with Crippen LogP contribution < -0.4 is 14.8 Å². The topological polar surface area (TPSA) is 74.1 Å². The Balaban J connectivity index is 0.00000280. The van der Waals surface area contributed by atoms with E-state index in [1.54, 1.807) is 4.68 Å². The van der Waals surface area contributed by atoms with E-state index in [1.807, 2.05) is 55.5 Å². The van der Waals surface area contributed by atoms with Crippen molar-refractivity contribution in [2.45, 2.75) is 27.3 Å². The van der Waals surface area contributed by atoms with E-state index in [-0.39, 0.29) is 18.4 Å². The third kappa shape index (κ3) is 5.68. The molecule has 150 valence electrons. The first-order chi connectivity index (χ1) is 13.2. The SMILES string of the molecule is CCOc1cc(CNCC(C)C)ccc1Oc1nnnn1-c1ccccc1.Cl. The second kappa shape index (κ2) is 10.6. The zero-order valence-corrected chi connectivity index (χ0v) is 17.1. The molecule has 0 unspecified atom stereocenters. The molecule has 3 rings (SSSR count). The summed E-state index contributed by atoms with van der Waals surface area (Å²) in [4.78, 5) is 0. The van der Waals surface area contributed by atoms with E-state index in [9.17, 15) is 0 Å². The van der Waals surface area contributed by atoms with E-state index in [1.165, 1.54) is 0 Å². The van der Waals surface area contributed by atoms with Gasteiger partial charge in [-0.05, 0) is 59.6 Å². The van der Waals surface area contributed by atoms with Gasteiger partial charge in [0.1, 0.15) is 0 Å². The van der Waals surface area contributed by atoms with Crippen LogP contribution in [0.15, 0.2) is 48.5 Å². The Bertz CT molecular complexity index is 855. The Morgan fingerprint density at radius 2 is 1.86 bits per heavy atom. The van der Waals surface area contributed by atoms with Crippen molar-refractivity contribution in [3.05, 3.63) is 54.1 Å². The molecule has 0 aliphatic carbocycles. The summed E-state index contributed by atoms with van der Waals surface area (Å²) >= 11 is 0. The first kappa shape index (κ1) is 21.7. The molecule has 3 aromatic rings. The van der Waals surface area contributed by atoms with Crippen molar-refractivity contribution in [3.8, 4) is 23.2 Å². The number of tetrazole rings is 1. The Morgan fingerprint density at radius 3 is 2.57 bits per heavy atom. The third-order valence-electron chi connectivity index (χ3n) is 3.83. The smallest absolute Gasteiger partial charge is 0.346 e. The summed E-state index contributed by atoms with van der Waals surface area (Å²) in [5.41, 5.74) is 1.96. The second-order valence-electron chi connectivity index (χ2n) is 6.55. The molecule has 0 saturated carbocycles. The number of benzene rings is 2. The molecule has 0 spiro atoms. The van der Waals surface area contributed by atoms with Crippen molar-refractivity contribution in [1.82, 2.24) is 25.5 Å². The molecule has 0 atom stereocenters. The van der Waals surface area contributed by atoms with E-state index in [4.69, 9.17) is 9.47 Å². The molecule has 0 saturated heterocycles. The quantitative estimate of drug-likeness (QED) is 0.581. The van der Waals surface area contributed by atoms with Crippen LogP contribution in [0.5, 0.6) is 17.5 Å². The largest absolute Gasteiger partial charge is 0.490 e. The highest BCUT2D eigenvalue weighted by Crippen LogP contribution is 2.32. The first-order valence-electron chi connectivity index (χ1n) is 9.15. The van der Waals surface area contributed by atoms with Gasteiger partial charge in [-0.3, -0.25) is 0 Å². The highest BCUT2D eigenvalue weighted by atomic mass is 35.5. The van der Waals surface area contributed by atoms with Crippen molar-refractivity contribution in [3.63, 3.8) is 0 Å². The lowest BCUT2D eigenvalue weighted by Crippen LogP contribution is -2.18. The summed E-state index contributed by atoms with van der Waals surface area (Å²) in [6, 6.07) is 15.8. The van der Waals surface area contributed by atoms with Gasteiger partial charge in [-0.2, -0.15) is 4.68 Å². The molecule has 0 amide bonds. The van der Waals surface area contributed by atoms with Crippen LogP contribution in [0, 0.1) is 5.92 Å². The van der Waals surface area contributed by atoms with Gasteiger partial charge < -0.3 is 14.8 Å². The molecular weight excluding hydrogens is 378 g/mol. The molecule has 7 nitrogen and oxygen atoms in total. The number of nitrogens with zero attached hydrogens (tertiary/aromatic N) is 4. The maximum atomic E-state index is 5.97. The number of para-hydroxylation sites is 1. The Morgan fingerprint density at radius 1 is 1.07 bits per heavy atom. The first-order valence-corrected chi connectivity index (χ1v) is 9.15. The van der Waals surface area contributed by atoms with Crippen LogP contribution in [0.2, 0.25) is 0 Å². The zero-order valence-electron chi connectivity index (χ0n) is 16.3. The van der Waals surface area contributed by atoms with Crippen LogP contribution >= 0.6 is 12.4 Å². The van der Waals surface area contributed by atoms with Crippen molar-refractivity contribution < 1.29 is 9.47 Å². The number of halogens is 1. The van der Waals surface area contributed by atoms with Gasteiger partial charge in [0.2, 0.25) is 0 Å². The lowest BCUT2D eigenvalue weighted by molar-refractivity contribution is 0.315. The van der Waals surface area contributed by atoms with Gasteiger partial charge in [0.25, 0.3) is 0 Å². The van der Waals surface area contributed by atoms with Crippen LogP contribution in [-0.4, -0.2) is 33.4 Å². The minimum Gasteiger partial charge on any atom is -0.490 e. The summed E-state index contributed by atoms with van der Waals surface area (Å²) < 4.78 is 13.3. The monoisotopic (exact) mass is 403 g/mol. The molecule has 0 radical (unpaired) electrons. The highest BCUT2D eigenvalue weighted by Gasteiger charge is 2.14. The van der Waals surface area contributed by atoms with Crippen LogP contribution in [0.25, 0.3) is 5.69 Å². The van der Waals surface area contributed by atoms with Gasteiger partial charge in [-0.25, -0.2) is 0 Å². The average Bonchev–Trinajstić information content (AvgIpc) is 3.12. The predicted octanol–water partition coefficient (Wildman–Crippen LogP) is 4.02. The fourth-order valence-corrected chi connectivity index (χ4v) is 2.59. The van der Waals surface area contributed by atoms with Gasteiger partial charge in [-0.15, -0.1) is 12.4 Å². The maximum absolute atomic E-state index is 5.97. The predicted molar refractivity (Wildman–Crippen MR) is 111 cm³/mol. The molecule has 2 aromatic carbocycles. The fourth-order valence-electron chi connectivity index (χ4n) is 2.59. The molecule has 8 heteroatoms. The van der Waals surface area contributed by atoms with E-state index in [0.717, 1.165) is 24.3 Å². The van der Waals surface area contributed by atoms with Gasteiger partial charge in [0.05, 0.1) is 12.3 Å². The molecular formula is C20H26ClN5O2. The van der Waals surface area contributed by atoms with E-state index < -0.39 is 0 Å². The molecule has 0 aliphatic rings. The van der Waals surface area contributed by atoms with Crippen molar-refractivity contribution in [2.24, 2.45) is 5.92 Å². The number of aromatic nitrogens is 4. The van der Waals surface area contributed by atoms with Crippen LogP contribution in [0.1, 0.15) is 26.3 Å². The second-order valence-corrected chi connectivity index (χ2v) is 6.55. The molecule has 0 aliphatic heterocycles. The van der Waals surface area contributed by atoms with E-state index in [0.29, 0.717) is 24.0 Å². The summed E-state index contributed by atoms with van der Waals surface area (Å²) in [5, 5.41) is 15.2. The van der Waals surface area contributed by atoms with Gasteiger partial charge in [-0.1, -0.05) is 43.2 Å². The normalized spacial score (nSPS) is 10.6. The molecule has 1 aromatic heterocycles. The van der Waals surface area contributed by atoms with Gasteiger partial charge in [0, 0.05) is 6.54 Å². The summed E-state index contributed by atoms with van der Waals surface area (Å²) in [5.74, 6) is 1.86. The zero-order chi connectivity index (χ0) is 19.1. The number of hydrogen-bond acceptors (Lipinski definition) is 6. The molecule has 1 N–H and O–H groups in total. The lowest BCUT2D eigenvalue weighted by Gasteiger charge is -2.13. The summed E-state index contributed by atoms with van der Waals surface area (Å²) in [7, 11) is 0. The minimum atomic E-state index is 0. The Kier molecular flexibility index (Phi) is 8.22. The number of nitrogens with one attached hydrogen (secondary N) is 1. The standard InChI is InChI=1S/C20H25N5O2.ClH/c1-4-26-19-12-16(14-21-13-15(2)3)10-11-18(19)27-20-22-23-24-25(20)17-8-6-5-7-9-17;/h5-12,15,21H,4,13-14H2,1-3H3;1H. The van der Waals surface area contributed by atoms with Gasteiger partial charge >= 0.3 is 6.01 Å². The van der Waals surface area contributed by atoms with Gasteiger partial charge in [0.15, 0.2) is 11.5 Å². The summed E-state index contributed by atoms with van der Waals surface area (Å²) in [6.45, 7) is 8.61. The average molecular weight is 404 g/mol.